The molecule has 2 rings (SSSR count). The molecule has 0 spiro atoms. The van der Waals surface area contributed by atoms with E-state index in [9.17, 15) is 13.5 Å². The van der Waals surface area contributed by atoms with Crippen LogP contribution in [0, 0.1) is 0 Å². The van der Waals surface area contributed by atoms with Gasteiger partial charge in [0.25, 0.3) is 0 Å². The van der Waals surface area contributed by atoms with Gasteiger partial charge in [-0.05, 0) is 25.7 Å². The molecule has 0 heterocycles. The van der Waals surface area contributed by atoms with Gasteiger partial charge in [0.2, 0.25) is 10.0 Å². The fraction of sp³-hybridized carbons (Fsp3) is 1.00. The summed E-state index contributed by atoms with van der Waals surface area (Å²) in [6.45, 7) is 0.241. The van der Waals surface area contributed by atoms with E-state index in [4.69, 9.17) is 4.74 Å². The number of methoxy groups -OCH3 is 1. The Morgan fingerprint density at radius 2 is 2.00 bits per heavy atom. The zero-order valence-corrected chi connectivity index (χ0v) is 11.0. The molecule has 2 saturated carbocycles. The van der Waals surface area contributed by atoms with E-state index >= 15 is 0 Å². The lowest BCUT2D eigenvalue weighted by atomic mass is 9.93. The van der Waals surface area contributed by atoms with Gasteiger partial charge in [0.15, 0.2) is 0 Å². The van der Waals surface area contributed by atoms with Gasteiger partial charge < -0.3 is 9.84 Å². The van der Waals surface area contributed by atoms with Crippen molar-refractivity contribution in [2.24, 2.45) is 0 Å². The van der Waals surface area contributed by atoms with Crippen molar-refractivity contribution in [2.45, 2.75) is 55.4 Å². The number of aliphatic hydroxyl groups is 1. The van der Waals surface area contributed by atoms with Gasteiger partial charge in [-0.2, -0.15) is 0 Å². The second-order valence-corrected chi connectivity index (χ2v) is 7.30. The van der Waals surface area contributed by atoms with E-state index in [1.807, 2.05) is 0 Å². The minimum atomic E-state index is -3.38. The Kier molecular flexibility index (Phi) is 3.77. The average molecular weight is 263 g/mol. The molecule has 5 nitrogen and oxygen atoms in total. The Morgan fingerprint density at radius 3 is 2.53 bits per heavy atom. The second kappa shape index (κ2) is 4.84. The molecule has 0 saturated heterocycles. The van der Waals surface area contributed by atoms with Gasteiger partial charge in [0.1, 0.15) is 4.75 Å². The number of hydrogen-bond acceptors (Lipinski definition) is 4. The first kappa shape index (κ1) is 13.3. The lowest BCUT2D eigenvalue weighted by Crippen LogP contribution is -2.50. The van der Waals surface area contributed by atoms with Crippen LogP contribution in [-0.2, 0) is 14.8 Å². The first-order valence-corrected chi connectivity index (χ1v) is 7.68. The first-order valence-electron chi connectivity index (χ1n) is 6.20. The van der Waals surface area contributed by atoms with Crippen molar-refractivity contribution in [3.8, 4) is 0 Å². The topological polar surface area (TPSA) is 75.6 Å². The molecule has 2 aliphatic rings. The van der Waals surface area contributed by atoms with Crippen LogP contribution in [0.1, 0.15) is 38.5 Å². The predicted molar refractivity (Wildman–Crippen MR) is 64.2 cm³/mol. The first-order chi connectivity index (χ1) is 8.01. The maximum atomic E-state index is 12.2. The summed E-state index contributed by atoms with van der Waals surface area (Å²) < 4.78 is 31.4. The molecule has 0 amide bonds. The molecule has 2 N–H and O–H groups in total. The van der Waals surface area contributed by atoms with Crippen LogP contribution in [0.25, 0.3) is 0 Å². The van der Waals surface area contributed by atoms with E-state index in [0.717, 1.165) is 19.3 Å². The normalized spacial score (nSPS) is 32.4. The lowest BCUT2D eigenvalue weighted by Gasteiger charge is -2.29. The summed E-state index contributed by atoms with van der Waals surface area (Å²) in [7, 11) is -1.86. The van der Waals surface area contributed by atoms with Crippen molar-refractivity contribution >= 4 is 10.0 Å². The van der Waals surface area contributed by atoms with E-state index in [1.54, 1.807) is 0 Å². The van der Waals surface area contributed by atoms with E-state index in [2.05, 4.69) is 4.72 Å². The highest BCUT2D eigenvalue weighted by Gasteiger charge is 2.55. The summed E-state index contributed by atoms with van der Waals surface area (Å²) in [4.78, 5) is 0. The van der Waals surface area contributed by atoms with Crippen LogP contribution in [0.5, 0.6) is 0 Å². The van der Waals surface area contributed by atoms with Crippen LogP contribution in [-0.4, -0.2) is 44.1 Å². The Balaban J connectivity index is 2.02. The van der Waals surface area contributed by atoms with Crippen molar-refractivity contribution in [2.75, 3.05) is 13.7 Å². The smallest absolute Gasteiger partial charge is 0.219 e. The second-order valence-electron chi connectivity index (χ2n) is 5.20. The molecule has 0 aliphatic heterocycles. The van der Waals surface area contributed by atoms with E-state index in [-0.39, 0.29) is 12.6 Å². The average Bonchev–Trinajstić information content (AvgIpc) is 3.03. The summed E-state index contributed by atoms with van der Waals surface area (Å²) in [6, 6.07) is -0.317. The highest BCUT2D eigenvalue weighted by Crippen LogP contribution is 2.43. The van der Waals surface area contributed by atoms with Crippen LogP contribution >= 0.6 is 0 Å². The Morgan fingerprint density at radius 1 is 1.35 bits per heavy atom. The van der Waals surface area contributed by atoms with Crippen molar-refractivity contribution in [1.82, 2.24) is 4.72 Å². The maximum Gasteiger partial charge on any atom is 0.219 e. The van der Waals surface area contributed by atoms with Crippen LogP contribution in [0.4, 0.5) is 0 Å². The largest absolute Gasteiger partial charge is 0.391 e. The van der Waals surface area contributed by atoms with Crippen LogP contribution < -0.4 is 4.72 Å². The number of rotatable bonds is 5. The quantitative estimate of drug-likeness (QED) is 0.752. The van der Waals surface area contributed by atoms with Gasteiger partial charge in [0.05, 0.1) is 12.7 Å². The van der Waals surface area contributed by atoms with Gasteiger partial charge in [-0.25, -0.2) is 13.1 Å². The van der Waals surface area contributed by atoms with Gasteiger partial charge in [-0.3, -0.25) is 0 Å². The Bertz CT molecular complexity index is 364. The van der Waals surface area contributed by atoms with Crippen LogP contribution in [0.3, 0.4) is 0 Å². The third-order valence-corrected chi connectivity index (χ3v) is 6.10. The molecule has 17 heavy (non-hydrogen) atoms. The molecule has 100 valence electrons. The maximum absolute atomic E-state index is 12.2. The van der Waals surface area contributed by atoms with Gasteiger partial charge in [-0.1, -0.05) is 12.8 Å². The number of hydrogen-bond donors (Lipinski definition) is 2. The lowest BCUT2D eigenvalue weighted by molar-refractivity contribution is 0.101. The minimum absolute atomic E-state index is 0.241. The van der Waals surface area contributed by atoms with E-state index in [0.29, 0.717) is 19.3 Å². The van der Waals surface area contributed by atoms with Gasteiger partial charge in [0, 0.05) is 13.2 Å². The number of ether oxygens (including phenoxy) is 1. The van der Waals surface area contributed by atoms with Crippen molar-refractivity contribution in [3.05, 3.63) is 0 Å². The molecule has 2 aliphatic carbocycles. The highest BCUT2D eigenvalue weighted by atomic mass is 32.2. The predicted octanol–water partition coefficient (Wildman–Crippen LogP) is 0.388. The molecule has 6 heteroatoms. The Labute approximate surface area is 103 Å². The summed E-state index contributed by atoms with van der Waals surface area (Å²) in [6.07, 6.45) is 4.12. The molecule has 0 aromatic carbocycles. The molecule has 2 fully saturated rings. The van der Waals surface area contributed by atoms with E-state index < -0.39 is 20.9 Å². The number of nitrogens with one attached hydrogen (secondary N) is 1. The molecular weight excluding hydrogens is 242 g/mol. The van der Waals surface area contributed by atoms with E-state index in [1.165, 1.54) is 7.11 Å². The zero-order valence-electron chi connectivity index (χ0n) is 10.2. The third-order valence-electron chi connectivity index (χ3n) is 3.82. The monoisotopic (exact) mass is 263 g/mol. The zero-order chi connectivity index (χ0) is 12.5. The third kappa shape index (κ3) is 2.65. The van der Waals surface area contributed by atoms with Crippen LogP contribution in [0.2, 0.25) is 0 Å². The fourth-order valence-corrected chi connectivity index (χ4v) is 4.30. The minimum Gasteiger partial charge on any atom is -0.391 e. The molecule has 0 radical (unpaired) electrons. The van der Waals surface area contributed by atoms with Gasteiger partial charge in [-0.15, -0.1) is 0 Å². The fourth-order valence-electron chi connectivity index (χ4n) is 2.47. The Hall–Kier alpha value is -0.170. The van der Waals surface area contributed by atoms with Crippen molar-refractivity contribution in [3.63, 3.8) is 0 Å². The number of aliphatic hydroxyl groups excluding tert-OH is 1. The molecule has 2 atom stereocenters. The molecule has 2 unspecified atom stereocenters. The van der Waals surface area contributed by atoms with Crippen molar-refractivity contribution in [1.29, 1.82) is 0 Å². The van der Waals surface area contributed by atoms with Gasteiger partial charge >= 0.3 is 0 Å². The summed E-state index contributed by atoms with van der Waals surface area (Å²) in [5.41, 5.74) is 0. The SMILES string of the molecule is COCC1(S(=O)(=O)NC2CCCCC2O)CC1. The summed E-state index contributed by atoms with van der Waals surface area (Å²) >= 11 is 0. The highest BCUT2D eigenvalue weighted by molar-refractivity contribution is 7.91. The summed E-state index contributed by atoms with van der Waals surface area (Å²) in [5.74, 6) is 0. The molecule has 0 aromatic heterocycles. The van der Waals surface area contributed by atoms with Crippen molar-refractivity contribution < 1.29 is 18.3 Å². The van der Waals surface area contributed by atoms with Crippen LogP contribution in [0.15, 0.2) is 0 Å². The molecule has 0 bridgehead atoms. The standard InChI is InChI=1S/C11H21NO4S/c1-16-8-11(6-7-11)17(14,15)12-9-4-2-3-5-10(9)13/h9-10,12-13H,2-8H2,1H3. The number of sulfonamides is 1. The summed E-state index contributed by atoms with van der Waals surface area (Å²) in [5, 5.41) is 9.79. The molecule has 0 aromatic rings. The molecular formula is C11H21NO4S.